The van der Waals surface area contributed by atoms with Gasteiger partial charge < -0.3 is 10.2 Å². The van der Waals surface area contributed by atoms with E-state index >= 15 is 0 Å². The molecule has 116 valence electrons. The van der Waals surface area contributed by atoms with Gasteiger partial charge in [0.1, 0.15) is 5.69 Å². The van der Waals surface area contributed by atoms with Crippen LogP contribution in [0.15, 0.2) is 36.5 Å². The number of aromatic nitrogens is 1. The predicted molar refractivity (Wildman–Crippen MR) is 88.9 cm³/mol. The van der Waals surface area contributed by atoms with Crippen molar-refractivity contribution in [3.63, 3.8) is 0 Å². The van der Waals surface area contributed by atoms with Crippen molar-refractivity contribution >= 4 is 16.7 Å². The Hall–Kier alpha value is -1.94. The van der Waals surface area contributed by atoms with Crippen LogP contribution in [0.2, 0.25) is 0 Å². The maximum atomic E-state index is 12.8. The zero-order chi connectivity index (χ0) is 15.4. The van der Waals surface area contributed by atoms with Crippen molar-refractivity contribution < 1.29 is 4.79 Å². The molecule has 0 bridgehead atoms. The molecule has 1 aromatic heterocycles. The molecule has 1 aromatic carbocycles. The Bertz CT molecular complexity index is 642. The van der Waals surface area contributed by atoms with E-state index in [2.05, 4.69) is 10.3 Å². The number of hydrogen-bond donors (Lipinski definition) is 1. The Morgan fingerprint density at radius 2 is 2.05 bits per heavy atom. The normalized spacial score (nSPS) is 16.1. The zero-order valence-electron chi connectivity index (χ0n) is 13.1. The number of fused-ring (bicyclic) bond motifs is 1. The van der Waals surface area contributed by atoms with Crippen LogP contribution < -0.4 is 5.32 Å². The summed E-state index contributed by atoms with van der Waals surface area (Å²) < 4.78 is 0. The second-order valence-corrected chi connectivity index (χ2v) is 6.01. The van der Waals surface area contributed by atoms with E-state index in [0.29, 0.717) is 5.69 Å². The molecule has 22 heavy (non-hydrogen) atoms. The average molecular weight is 297 g/mol. The van der Waals surface area contributed by atoms with Crippen LogP contribution in [0.1, 0.15) is 29.8 Å². The minimum atomic E-state index is 0.0730. The first-order valence-corrected chi connectivity index (χ1v) is 8.07. The van der Waals surface area contributed by atoms with Crippen molar-refractivity contribution in [2.75, 3.05) is 26.7 Å². The van der Waals surface area contributed by atoms with E-state index in [1.807, 2.05) is 42.3 Å². The highest BCUT2D eigenvalue weighted by atomic mass is 16.2. The van der Waals surface area contributed by atoms with E-state index in [1.165, 1.54) is 6.42 Å². The van der Waals surface area contributed by atoms with Gasteiger partial charge in [-0.3, -0.25) is 9.78 Å². The number of likely N-dealkylation sites (tertiary alicyclic amines) is 1. The fourth-order valence-corrected chi connectivity index (χ4v) is 3.21. The van der Waals surface area contributed by atoms with Crippen LogP contribution >= 0.6 is 0 Å². The molecule has 1 amide bonds. The fraction of sp³-hybridized carbons (Fsp3) is 0.444. The molecule has 2 aromatic rings. The lowest BCUT2D eigenvalue weighted by Crippen LogP contribution is -2.39. The van der Waals surface area contributed by atoms with Gasteiger partial charge in [0.2, 0.25) is 0 Å². The fourth-order valence-electron chi connectivity index (χ4n) is 3.21. The highest BCUT2D eigenvalue weighted by molar-refractivity contribution is 6.05. The summed E-state index contributed by atoms with van der Waals surface area (Å²) in [6.07, 6.45) is 5.12. The molecule has 1 saturated heterocycles. The monoisotopic (exact) mass is 297 g/mol. The van der Waals surface area contributed by atoms with Crippen molar-refractivity contribution in [1.82, 2.24) is 15.2 Å². The number of carbonyl (C=O) groups excluding carboxylic acids is 1. The summed E-state index contributed by atoms with van der Waals surface area (Å²) in [5.74, 6) is 0.806. The molecule has 4 nitrogen and oxygen atoms in total. The topological polar surface area (TPSA) is 45.2 Å². The molecule has 1 fully saturated rings. The van der Waals surface area contributed by atoms with Crippen LogP contribution in [0.5, 0.6) is 0 Å². The molecule has 0 spiro atoms. The van der Waals surface area contributed by atoms with Crippen molar-refractivity contribution in [1.29, 1.82) is 0 Å². The van der Waals surface area contributed by atoms with Crippen LogP contribution in [0, 0.1) is 5.92 Å². The Morgan fingerprint density at radius 1 is 1.27 bits per heavy atom. The highest BCUT2D eigenvalue weighted by Gasteiger charge is 2.25. The summed E-state index contributed by atoms with van der Waals surface area (Å²) in [6.45, 7) is 2.75. The lowest BCUT2D eigenvalue weighted by Gasteiger charge is -2.32. The summed E-state index contributed by atoms with van der Waals surface area (Å²) in [5, 5.41) is 5.23. The van der Waals surface area contributed by atoms with Crippen molar-refractivity contribution in [2.24, 2.45) is 5.92 Å². The van der Waals surface area contributed by atoms with E-state index in [-0.39, 0.29) is 5.91 Å². The first-order chi connectivity index (χ1) is 10.8. The minimum absolute atomic E-state index is 0.0730. The van der Waals surface area contributed by atoms with Crippen molar-refractivity contribution in [2.45, 2.75) is 19.3 Å². The molecule has 1 aliphatic heterocycles. The molecule has 3 rings (SSSR count). The minimum Gasteiger partial charge on any atom is -0.337 e. The van der Waals surface area contributed by atoms with Crippen molar-refractivity contribution in [3.8, 4) is 0 Å². The number of nitrogens with one attached hydrogen (secondary N) is 1. The SMILES string of the molecule is CNCCC1CCN(C(=O)c2nccc3ccccc23)CC1. The maximum Gasteiger partial charge on any atom is 0.273 e. The van der Waals surface area contributed by atoms with Crippen LogP contribution in [-0.4, -0.2) is 42.5 Å². The number of amides is 1. The van der Waals surface area contributed by atoms with Gasteiger partial charge in [-0.25, -0.2) is 0 Å². The number of pyridine rings is 1. The lowest BCUT2D eigenvalue weighted by molar-refractivity contribution is 0.0683. The molecule has 0 atom stereocenters. The molecule has 2 heterocycles. The first kappa shape index (κ1) is 15.0. The lowest BCUT2D eigenvalue weighted by atomic mass is 9.93. The molecule has 0 unspecified atom stereocenters. The van der Waals surface area contributed by atoms with Gasteiger partial charge in [-0.2, -0.15) is 0 Å². The average Bonchev–Trinajstić information content (AvgIpc) is 2.59. The van der Waals surface area contributed by atoms with E-state index in [4.69, 9.17) is 0 Å². The Balaban J connectivity index is 1.72. The van der Waals surface area contributed by atoms with Crippen molar-refractivity contribution in [3.05, 3.63) is 42.2 Å². The number of rotatable bonds is 4. The number of piperidine rings is 1. The van der Waals surface area contributed by atoms with Gasteiger partial charge in [0, 0.05) is 24.7 Å². The highest BCUT2D eigenvalue weighted by Crippen LogP contribution is 2.23. The molecular formula is C18H23N3O. The van der Waals surface area contributed by atoms with Gasteiger partial charge in [-0.05, 0) is 50.2 Å². The standard InChI is InChI=1S/C18H23N3O/c1-19-10-6-14-8-12-21(13-9-14)18(22)17-16-5-3-2-4-15(16)7-11-20-17/h2-5,7,11,14,19H,6,8-10,12-13H2,1H3. The van der Waals surface area contributed by atoms with E-state index in [0.717, 1.165) is 49.2 Å². The van der Waals surface area contributed by atoms with Gasteiger partial charge in [0.25, 0.3) is 5.91 Å². The smallest absolute Gasteiger partial charge is 0.273 e. The van der Waals surface area contributed by atoms with Gasteiger partial charge in [0.15, 0.2) is 0 Å². The van der Waals surface area contributed by atoms with Gasteiger partial charge in [-0.1, -0.05) is 24.3 Å². The largest absolute Gasteiger partial charge is 0.337 e. The molecule has 0 aliphatic carbocycles. The predicted octanol–water partition coefficient (Wildman–Crippen LogP) is 2.70. The summed E-state index contributed by atoms with van der Waals surface area (Å²) >= 11 is 0. The molecular weight excluding hydrogens is 274 g/mol. The Kier molecular flexibility index (Phi) is 4.68. The third-order valence-corrected chi connectivity index (χ3v) is 4.58. The third-order valence-electron chi connectivity index (χ3n) is 4.58. The van der Waals surface area contributed by atoms with Crippen LogP contribution in [0.3, 0.4) is 0 Å². The van der Waals surface area contributed by atoms with E-state index in [9.17, 15) is 4.79 Å². The van der Waals surface area contributed by atoms with Gasteiger partial charge in [-0.15, -0.1) is 0 Å². The Labute approximate surface area is 131 Å². The first-order valence-electron chi connectivity index (χ1n) is 8.07. The maximum absolute atomic E-state index is 12.8. The summed E-state index contributed by atoms with van der Waals surface area (Å²) in [6, 6.07) is 9.91. The van der Waals surface area contributed by atoms with Crippen LogP contribution in [0.25, 0.3) is 10.8 Å². The second-order valence-electron chi connectivity index (χ2n) is 6.01. The number of nitrogens with zero attached hydrogens (tertiary/aromatic N) is 2. The molecule has 1 aliphatic rings. The van der Waals surface area contributed by atoms with E-state index < -0.39 is 0 Å². The molecule has 0 saturated carbocycles. The molecule has 0 radical (unpaired) electrons. The number of carbonyl (C=O) groups is 1. The van der Waals surface area contributed by atoms with Crippen LogP contribution in [-0.2, 0) is 0 Å². The number of benzene rings is 1. The van der Waals surface area contributed by atoms with Gasteiger partial charge in [0.05, 0.1) is 0 Å². The second kappa shape index (κ2) is 6.88. The Morgan fingerprint density at radius 3 is 2.82 bits per heavy atom. The summed E-state index contributed by atoms with van der Waals surface area (Å²) in [4.78, 5) is 19.1. The summed E-state index contributed by atoms with van der Waals surface area (Å²) in [7, 11) is 1.99. The summed E-state index contributed by atoms with van der Waals surface area (Å²) in [5.41, 5.74) is 0.590. The number of hydrogen-bond acceptors (Lipinski definition) is 3. The molecule has 1 N–H and O–H groups in total. The van der Waals surface area contributed by atoms with Gasteiger partial charge >= 0.3 is 0 Å². The third kappa shape index (κ3) is 3.12. The van der Waals surface area contributed by atoms with E-state index in [1.54, 1.807) is 6.20 Å². The zero-order valence-corrected chi connectivity index (χ0v) is 13.1. The van der Waals surface area contributed by atoms with Crippen LogP contribution in [0.4, 0.5) is 0 Å². The quantitative estimate of drug-likeness (QED) is 0.943. The molecule has 4 heteroatoms.